The number of aryl methyl sites for hydroxylation is 1. The molecule has 68 valence electrons. The van der Waals surface area contributed by atoms with E-state index < -0.39 is 0 Å². The summed E-state index contributed by atoms with van der Waals surface area (Å²) in [5.41, 5.74) is 0.617. The fourth-order valence-electron chi connectivity index (χ4n) is 1.02. The molecule has 0 atom stereocenters. The molecule has 0 bridgehead atoms. The van der Waals surface area contributed by atoms with Gasteiger partial charge < -0.3 is 4.42 Å². The second-order valence-corrected chi connectivity index (χ2v) is 2.61. The summed E-state index contributed by atoms with van der Waals surface area (Å²) in [6, 6.07) is 0. The molecule has 2 rings (SSSR count). The molecule has 0 saturated carbocycles. The largest absolute Gasteiger partial charge is 0.422 e. The first-order chi connectivity index (χ1) is 6.40. The van der Waals surface area contributed by atoms with Gasteiger partial charge >= 0.3 is 0 Å². The summed E-state index contributed by atoms with van der Waals surface area (Å²) in [7, 11) is 0. The van der Waals surface area contributed by atoms with E-state index in [4.69, 9.17) is 4.42 Å². The molecule has 0 aliphatic carbocycles. The zero-order chi connectivity index (χ0) is 9.10. The van der Waals surface area contributed by atoms with E-state index in [-0.39, 0.29) is 0 Å². The van der Waals surface area contributed by atoms with Gasteiger partial charge in [-0.05, 0) is 6.42 Å². The molecule has 0 aliphatic rings. The molecule has 0 N–H and O–H groups in total. The highest BCUT2D eigenvalue weighted by Gasteiger charge is 2.07. The van der Waals surface area contributed by atoms with Crippen molar-refractivity contribution in [3.05, 3.63) is 12.6 Å². The highest BCUT2D eigenvalue weighted by molar-refractivity contribution is 5.42. The van der Waals surface area contributed by atoms with E-state index in [1.54, 1.807) is 10.9 Å². The lowest BCUT2D eigenvalue weighted by atomic mass is 10.4. The van der Waals surface area contributed by atoms with Crippen LogP contribution in [-0.4, -0.2) is 25.2 Å². The van der Waals surface area contributed by atoms with Gasteiger partial charge in [0.1, 0.15) is 0 Å². The highest BCUT2D eigenvalue weighted by Crippen LogP contribution is 2.10. The van der Waals surface area contributed by atoms with Crippen LogP contribution in [0.4, 0.5) is 0 Å². The first-order valence-electron chi connectivity index (χ1n) is 4.07. The second kappa shape index (κ2) is 3.34. The van der Waals surface area contributed by atoms with Crippen LogP contribution in [0.2, 0.25) is 0 Å². The minimum Gasteiger partial charge on any atom is -0.422 e. The van der Waals surface area contributed by atoms with E-state index in [1.165, 1.54) is 6.39 Å². The van der Waals surface area contributed by atoms with Crippen LogP contribution < -0.4 is 0 Å². The number of aromatic nitrogens is 5. The molecule has 2 heterocycles. The van der Waals surface area contributed by atoms with Crippen molar-refractivity contribution in [2.24, 2.45) is 0 Å². The summed E-state index contributed by atoms with van der Waals surface area (Å²) in [6.45, 7) is 2.93. The van der Waals surface area contributed by atoms with Crippen LogP contribution in [0.3, 0.4) is 0 Å². The summed E-state index contributed by atoms with van der Waals surface area (Å²) in [5.74, 6) is 0.405. The van der Waals surface area contributed by atoms with Gasteiger partial charge in [-0.15, -0.1) is 15.3 Å². The summed E-state index contributed by atoms with van der Waals surface area (Å²) in [5, 5.41) is 15.1. The molecule has 0 aliphatic heterocycles. The molecule has 0 radical (unpaired) electrons. The Morgan fingerprint density at radius 1 is 1.46 bits per heavy atom. The lowest BCUT2D eigenvalue weighted by Gasteiger charge is -1.91. The van der Waals surface area contributed by atoms with Crippen molar-refractivity contribution in [3.8, 4) is 11.6 Å². The van der Waals surface area contributed by atoms with Crippen molar-refractivity contribution in [3.63, 3.8) is 0 Å². The van der Waals surface area contributed by atoms with Crippen LogP contribution in [0, 0.1) is 0 Å². The fourth-order valence-corrected chi connectivity index (χ4v) is 1.02. The lowest BCUT2D eigenvalue weighted by molar-refractivity contribution is 0.566. The number of nitrogens with zero attached hydrogens (tertiary/aromatic N) is 5. The van der Waals surface area contributed by atoms with Gasteiger partial charge in [-0.3, -0.25) is 4.68 Å². The van der Waals surface area contributed by atoms with E-state index in [0.29, 0.717) is 11.6 Å². The van der Waals surface area contributed by atoms with Gasteiger partial charge in [0.2, 0.25) is 6.39 Å². The smallest absolute Gasteiger partial charge is 0.269 e. The molecule has 0 unspecified atom stereocenters. The molecule has 0 fully saturated rings. The van der Waals surface area contributed by atoms with Crippen molar-refractivity contribution in [1.29, 1.82) is 0 Å². The van der Waals surface area contributed by atoms with E-state index in [0.717, 1.165) is 13.0 Å². The van der Waals surface area contributed by atoms with Crippen molar-refractivity contribution in [2.45, 2.75) is 19.9 Å². The molecule has 0 amide bonds. The minimum absolute atomic E-state index is 0.405. The van der Waals surface area contributed by atoms with Crippen LogP contribution in [0.1, 0.15) is 13.3 Å². The fraction of sp³-hybridized carbons (Fsp3) is 0.429. The quantitative estimate of drug-likeness (QED) is 0.694. The summed E-state index contributed by atoms with van der Waals surface area (Å²) in [4.78, 5) is 0. The molecule has 6 heteroatoms. The molecule has 0 spiro atoms. The average molecular weight is 179 g/mol. The van der Waals surface area contributed by atoms with E-state index >= 15 is 0 Å². The van der Waals surface area contributed by atoms with Crippen LogP contribution in [0.5, 0.6) is 0 Å². The van der Waals surface area contributed by atoms with E-state index in [2.05, 4.69) is 27.4 Å². The molecule has 13 heavy (non-hydrogen) atoms. The Morgan fingerprint density at radius 3 is 3.08 bits per heavy atom. The summed E-state index contributed by atoms with van der Waals surface area (Å²) < 4.78 is 6.72. The second-order valence-electron chi connectivity index (χ2n) is 2.61. The molecule has 0 aromatic carbocycles. The average Bonchev–Trinajstić information content (AvgIpc) is 2.70. The predicted octanol–water partition coefficient (Wildman–Crippen LogP) is 0.738. The van der Waals surface area contributed by atoms with Gasteiger partial charge in [-0.25, -0.2) is 0 Å². The third-order valence-electron chi connectivity index (χ3n) is 1.57. The third kappa shape index (κ3) is 1.56. The van der Waals surface area contributed by atoms with Crippen molar-refractivity contribution in [1.82, 2.24) is 25.2 Å². The van der Waals surface area contributed by atoms with Gasteiger partial charge in [0.05, 0.1) is 6.20 Å². The normalized spacial score (nSPS) is 10.5. The topological polar surface area (TPSA) is 69.6 Å². The maximum atomic E-state index is 4.97. The van der Waals surface area contributed by atoms with Gasteiger partial charge in [-0.1, -0.05) is 12.1 Å². The maximum Gasteiger partial charge on any atom is 0.269 e. The van der Waals surface area contributed by atoms with Gasteiger partial charge in [0.25, 0.3) is 5.89 Å². The zero-order valence-electron chi connectivity index (χ0n) is 7.21. The van der Waals surface area contributed by atoms with Crippen LogP contribution in [0.25, 0.3) is 11.6 Å². The van der Waals surface area contributed by atoms with Gasteiger partial charge in [0, 0.05) is 6.54 Å². The van der Waals surface area contributed by atoms with Gasteiger partial charge in [-0.2, -0.15) is 0 Å². The Morgan fingerprint density at radius 2 is 2.38 bits per heavy atom. The van der Waals surface area contributed by atoms with Crippen molar-refractivity contribution < 1.29 is 4.42 Å². The Kier molecular flexibility index (Phi) is 2.03. The molecular weight excluding hydrogens is 170 g/mol. The predicted molar refractivity (Wildman–Crippen MR) is 43.6 cm³/mol. The number of hydrogen-bond donors (Lipinski definition) is 0. The Hall–Kier alpha value is -1.72. The maximum absolute atomic E-state index is 4.97. The first-order valence-corrected chi connectivity index (χ1v) is 4.07. The number of hydrogen-bond acceptors (Lipinski definition) is 5. The third-order valence-corrected chi connectivity index (χ3v) is 1.57. The Balaban J connectivity index is 2.23. The van der Waals surface area contributed by atoms with Crippen molar-refractivity contribution >= 4 is 0 Å². The van der Waals surface area contributed by atoms with Crippen LogP contribution >= 0.6 is 0 Å². The van der Waals surface area contributed by atoms with E-state index in [1.807, 2.05) is 0 Å². The summed E-state index contributed by atoms with van der Waals surface area (Å²) in [6.07, 6.45) is 4.08. The summed E-state index contributed by atoms with van der Waals surface area (Å²) >= 11 is 0. The molecule has 2 aromatic heterocycles. The molecular formula is C7H9N5O. The SMILES string of the molecule is CCCn1cc(-c2nnco2)nn1. The number of rotatable bonds is 3. The zero-order valence-corrected chi connectivity index (χ0v) is 7.21. The van der Waals surface area contributed by atoms with Crippen LogP contribution in [0.15, 0.2) is 17.0 Å². The highest BCUT2D eigenvalue weighted by atomic mass is 16.4. The van der Waals surface area contributed by atoms with Gasteiger partial charge in [0.15, 0.2) is 5.69 Å². The molecule has 6 nitrogen and oxygen atoms in total. The first kappa shape index (κ1) is 7.90. The molecule has 2 aromatic rings. The standard InChI is InChI=1S/C7H9N5O/c1-2-3-12-4-6(9-11-12)7-10-8-5-13-7/h4-5H,2-3H2,1H3. The lowest BCUT2D eigenvalue weighted by Crippen LogP contribution is -1.96. The van der Waals surface area contributed by atoms with Crippen LogP contribution in [-0.2, 0) is 6.54 Å². The minimum atomic E-state index is 0.405. The Bertz CT molecular complexity index is 366. The van der Waals surface area contributed by atoms with Crippen molar-refractivity contribution in [2.75, 3.05) is 0 Å². The molecule has 0 saturated heterocycles. The monoisotopic (exact) mass is 179 g/mol. The Labute approximate surface area is 74.6 Å². The van der Waals surface area contributed by atoms with E-state index in [9.17, 15) is 0 Å².